The zero-order chi connectivity index (χ0) is 15.4. The predicted octanol–water partition coefficient (Wildman–Crippen LogP) is 2.56. The van der Waals surface area contributed by atoms with Gasteiger partial charge in [0, 0.05) is 24.4 Å². The van der Waals surface area contributed by atoms with Crippen LogP contribution in [0.4, 0.5) is 8.78 Å². The topological polar surface area (TPSA) is 55.1 Å². The molecule has 116 valence electrons. The van der Waals surface area contributed by atoms with Crippen LogP contribution in [0.15, 0.2) is 18.2 Å². The smallest absolute Gasteiger partial charge is 0.223 e. The number of carbonyl (C=O) groups is 1. The first-order valence-corrected chi connectivity index (χ1v) is 7.45. The summed E-state index contributed by atoms with van der Waals surface area (Å²) in [5, 5.41) is 2.87. The second-order valence-corrected chi connectivity index (χ2v) is 5.85. The summed E-state index contributed by atoms with van der Waals surface area (Å²) in [7, 11) is 0. The molecule has 3 atom stereocenters. The Bertz CT molecular complexity index is 507. The van der Waals surface area contributed by atoms with Crippen molar-refractivity contribution < 1.29 is 13.6 Å². The van der Waals surface area contributed by atoms with Crippen molar-refractivity contribution in [2.45, 2.75) is 32.1 Å². The Morgan fingerprint density at radius 1 is 1.43 bits per heavy atom. The van der Waals surface area contributed by atoms with Crippen LogP contribution in [0.5, 0.6) is 0 Å². The fourth-order valence-electron chi connectivity index (χ4n) is 3.06. The molecule has 21 heavy (non-hydrogen) atoms. The minimum absolute atomic E-state index is 0.00248. The van der Waals surface area contributed by atoms with Crippen LogP contribution in [0.2, 0.25) is 0 Å². The van der Waals surface area contributed by atoms with Gasteiger partial charge in [-0.2, -0.15) is 0 Å². The van der Waals surface area contributed by atoms with E-state index >= 15 is 0 Å². The molecule has 0 spiro atoms. The molecule has 1 unspecified atom stereocenters. The van der Waals surface area contributed by atoms with Crippen molar-refractivity contribution in [2.24, 2.45) is 17.6 Å². The Hall–Kier alpha value is -1.49. The maximum absolute atomic E-state index is 13.7. The molecule has 1 aromatic rings. The van der Waals surface area contributed by atoms with Gasteiger partial charge in [0.05, 0.1) is 0 Å². The number of hydrogen-bond donors (Lipinski definition) is 2. The molecule has 0 aromatic heterocycles. The van der Waals surface area contributed by atoms with E-state index in [2.05, 4.69) is 5.32 Å². The van der Waals surface area contributed by atoms with Crippen LogP contribution in [0.3, 0.4) is 0 Å². The molecule has 5 heteroatoms. The zero-order valence-corrected chi connectivity index (χ0v) is 12.2. The molecule has 1 aromatic carbocycles. The largest absolute Gasteiger partial charge is 0.355 e. The van der Waals surface area contributed by atoms with E-state index < -0.39 is 11.6 Å². The summed E-state index contributed by atoms with van der Waals surface area (Å²) in [6.07, 6.45) is 2.89. The van der Waals surface area contributed by atoms with Crippen molar-refractivity contribution in [2.75, 3.05) is 13.1 Å². The molecule has 1 saturated carbocycles. The summed E-state index contributed by atoms with van der Waals surface area (Å²) in [4.78, 5) is 12.2. The highest BCUT2D eigenvalue weighted by molar-refractivity contribution is 5.79. The minimum atomic E-state index is -0.593. The second-order valence-electron chi connectivity index (χ2n) is 5.85. The van der Waals surface area contributed by atoms with Crippen molar-refractivity contribution >= 4 is 5.91 Å². The summed E-state index contributed by atoms with van der Waals surface area (Å²) in [5.41, 5.74) is 6.09. The van der Waals surface area contributed by atoms with Crippen molar-refractivity contribution in [1.29, 1.82) is 0 Å². The van der Waals surface area contributed by atoms with Gasteiger partial charge in [-0.1, -0.05) is 19.4 Å². The number of amides is 1. The molecular weight excluding hydrogens is 274 g/mol. The molecule has 2 rings (SSSR count). The highest BCUT2D eigenvalue weighted by atomic mass is 19.1. The fraction of sp³-hybridized carbons (Fsp3) is 0.562. The van der Waals surface area contributed by atoms with Crippen LogP contribution in [0, 0.1) is 23.5 Å². The number of nitrogens with one attached hydrogen (secondary N) is 1. The lowest BCUT2D eigenvalue weighted by Crippen LogP contribution is -2.36. The Kier molecular flexibility index (Phi) is 5.28. The van der Waals surface area contributed by atoms with Crippen molar-refractivity contribution in [3.63, 3.8) is 0 Å². The van der Waals surface area contributed by atoms with Crippen LogP contribution >= 0.6 is 0 Å². The van der Waals surface area contributed by atoms with E-state index in [1.54, 1.807) is 0 Å². The van der Waals surface area contributed by atoms with Gasteiger partial charge in [0.25, 0.3) is 0 Å². The third kappa shape index (κ3) is 3.79. The first-order valence-electron chi connectivity index (χ1n) is 7.45. The van der Waals surface area contributed by atoms with Gasteiger partial charge < -0.3 is 11.1 Å². The first kappa shape index (κ1) is 15.9. The lowest BCUT2D eigenvalue weighted by Gasteiger charge is -2.19. The fourth-order valence-corrected chi connectivity index (χ4v) is 3.06. The normalized spacial score (nSPS) is 23.0. The van der Waals surface area contributed by atoms with Crippen LogP contribution in [-0.2, 0) is 4.79 Å². The molecule has 1 amide bonds. The SMILES string of the molecule is CC(CNC(=O)[C@@H]1CCC[C@@H]1CN)c1ccc(F)cc1F. The quantitative estimate of drug-likeness (QED) is 0.877. The molecule has 3 nitrogen and oxygen atoms in total. The first-order chi connectivity index (χ1) is 10.0. The van der Waals surface area contributed by atoms with Gasteiger partial charge in [0.1, 0.15) is 11.6 Å². The number of hydrogen-bond acceptors (Lipinski definition) is 2. The number of benzene rings is 1. The van der Waals surface area contributed by atoms with Gasteiger partial charge in [-0.25, -0.2) is 8.78 Å². The molecule has 1 aliphatic rings. The standard InChI is InChI=1S/C16H22F2N2O/c1-10(13-6-5-12(17)7-15(13)18)9-20-16(21)14-4-2-3-11(14)8-19/h5-7,10-11,14H,2-4,8-9,19H2,1H3,(H,20,21)/t10?,11-,14-/m1/s1. The summed E-state index contributed by atoms with van der Waals surface area (Å²) in [6, 6.07) is 3.53. The Morgan fingerprint density at radius 2 is 2.19 bits per heavy atom. The van der Waals surface area contributed by atoms with E-state index in [4.69, 9.17) is 5.73 Å². The maximum atomic E-state index is 13.7. The van der Waals surface area contributed by atoms with Gasteiger partial charge in [-0.15, -0.1) is 0 Å². The zero-order valence-electron chi connectivity index (χ0n) is 12.2. The highest BCUT2D eigenvalue weighted by Crippen LogP contribution is 2.31. The third-order valence-electron chi connectivity index (χ3n) is 4.37. The number of nitrogens with two attached hydrogens (primary N) is 1. The molecular formula is C16H22F2N2O. The van der Waals surface area contributed by atoms with Crippen LogP contribution in [-0.4, -0.2) is 19.0 Å². The van der Waals surface area contributed by atoms with Gasteiger partial charge in [-0.05, 0) is 36.9 Å². The van der Waals surface area contributed by atoms with E-state index in [0.29, 0.717) is 18.7 Å². The van der Waals surface area contributed by atoms with Gasteiger partial charge >= 0.3 is 0 Å². The Labute approximate surface area is 123 Å². The van der Waals surface area contributed by atoms with Crippen molar-refractivity contribution in [3.8, 4) is 0 Å². The molecule has 0 heterocycles. The van der Waals surface area contributed by atoms with Gasteiger partial charge in [0.15, 0.2) is 0 Å². The Morgan fingerprint density at radius 3 is 2.86 bits per heavy atom. The summed E-state index contributed by atoms with van der Waals surface area (Å²) in [5.74, 6) is -1.14. The lowest BCUT2D eigenvalue weighted by atomic mass is 9.94. The summed E-state index contributed by atoms with van der Waals surface area (Å²) < 4.78 is 26.6. The van der Waals surface area contributed by atoms with Crippen LogP contribution in [0.1, 0.15) is 37.7 Å². The second kappa shape index (κ2) is 6.98. The van der Waals surface area contributed by atoms with Crippen molar-refractivity contribution in [3.05, 3.63) is 35.4 Å². The maximum Gasteiger partial charge on any atom is 0.223 e. The number of halogens is 2. The number of carbonyl (C=O) groups excluding carboxylic acids is 1. The molecule has 0 aliphatic heterocycles. The van der Waals surface area contributed by atoms with E-state index in [1.165, 1.54) is 12.1 Å². The molecule has 0 bridgehead atoms. The summed E-state index contributed by atoms with van der Waals surface area (Å²) >= 11 is 0. The highest BCUT2D eigenvalue weighted by Gasteiger charge is 2.31. The lowest BCUT2D eigenvalue weighted by molar-refractivity contribution is -0.126. The average Bonchev–Trinajstić information content (AvgIpc) is 2.92. The monoisotopic (exact) mass is 296 g/mol. The molecule has 3 N–H and O–H groups in total. The Balaban J connectivity index is 1.91. The van der Waals surface area contributed by atoms with Crippen LogP contribution < -0.4 is 11.1 Å². The summed E-state index contributed by atoms with van der Waals surface area (Å²) in [6.45, 7) is 2.68. The van der Waals surface area contributed by atoms with E-state index in [0.717, 1.165) is 25.3 Å². The predicted molar refractivity (Wildman–Crippen MR) is 77.7 cm³/mol. The van der Waals surface area contributed by atoms with E-state index in [-0.39, 0.29) is 23.7 Å². The van der Waals surface area contributed by atoms with Gasteiger partial charge in [-0.3, -0.25) is 4.79 Å². The van der Waals surface area contributed by atoms with E-state index in [9.17, 15) is 13.6 Å². The molecule has 0 saturated heterocycles. The number of rotatable bonds is 5. The molecule has 1 aliphatic carbocycles. The van der Waals surface area contributed by atoms with Crippen LogP contribution in [0.25, 0.3) is 0 Å². The minimum Gasteiger partial charge on any atom is -0.355 e. The average molecular weight is 296 g/mol. The van der Waals surface area contributed by atoms with Crippen molar-refractivity contribution in [1.82, 2.24) is 5.32 Å². The molecule has 1 fully saturated rings. The van der Waals surface area contributed by atoms with E-state index in [1.807, 2.05) is 6.92 Å². The molecule has 0 radical (unpaired) electrons. The van der Waals surface area contributed by atoms with Gasteiger partial charge in [0.2, 0.25) is 5.91 Å². The third-order valence-corrected chi connectivity index (χ3v) is 4.37.